The first kappa shape index (κ1) is 23.6. The molecule has 3 fully saturated rings. The zero-order valence-corrected chi connectivity index (χ0v) is 21.9. The number of nitrogens with zero attached hydrogens (tertiary/aromatic N) is 7. The van der Waals surface area contributed by atoms with Gasteiger partial charge in [-0.3, -0.25) is 9.69 Å². The summed E-state index contributed by atoms with van der Waals surface area (Å²) in [7, 11) is 0. The number of rotatable bonds is 6. The van der Waals surface area contributed by atoms with Crippen LogP contribution < -0.4 is 4.90 Å². The number of aromatic nitrogens is 5. The fourth-order valence-electron chi connectivity index (χ4n) is 6.19. The molecule has 0 unspecified atom stereocenters. The molecule has 3 saturated heterocycles. The first-order valence-electron chi connectivity index (χ1n) is 13.9. The zero-order chi connectivity index (χ0) is 25.6. The van der Waals surface area contributed by atoms with Gasteiger partial charge in [0, 0.05) is 74.4 Å². The molecule has 3 aromatic heterocycles. The van der Waals surface area contributed by atoms with Gasteiger partial charge in [0.25, 0.3) is 0 Å². The summed E-state index contributed by atoms with van der Waals surface area (Å²) >= 11 is 0. The number of H-pyrrole nitrogens is 1. The molecule has 1 amide bonds. The lowest BCUT2D eigenvalue weighted by Crippen LogP contribution is -2.53. The van der Waals surface area contributed by atoms with E-state index in [9.17, 15) is 4.79 Å². The normalized spacial score (nSPS) is 19.6. The van der Waals surface area contributed by atoms with Crippen molar-refractivity contribution in [3.05, 3.63) is 36.3 Å². The highest BCUT2D eigenvalue weighted by molar-refractivity contribution is 5.95. The maximum Gasteiger partial charge on any atom is 0.224 e. The molecule has 3 aliphatic heterocycles. The molecular weight excluding hydrogens is 480 g/mol. The molecule has 198 valence electrons. The molecule has 0 radical (unpaired) electrons. The Morgan fingerprint density at radius 2 is 1.87 bits per heavy atom. The predicted octanol–water partition coefficient (Wildman–Crippen LogP) is 3.03. The Kier molecular flexibility index (Phi) is 6.01. The van der Waals surface area contributed by atoms with Crippen LogP contribution in [0.4, 0.5) is 5.82 Å². The number of amides is 1. The number of imidazole rings is 1. The van der Waals surface area contributed by atoms with Crippen LogP contribution in [-0.4, -0.2) is 92.2 Å². The van der Waals surface area contributed by atoms with Gasteiger partial charge < -0.3 is 24.1 Å². The minimum Gasteiger partial charge on any atom is -0.378 e. The number of carbonyl (C=O) groups excluding carboxylic acids is 1. The van der Waals surface area contributed by atoms with Crippen molar-refractivity contribution < 1.29 is 9.53 Å². The Morgan fingerprint density at radius 3 is 2.61 bits per heavy atom. The van der Waals surface area contributed by atoms with Gasteiger partial charge in [0.05, 0.1) is 19.8 Å². The number of likely N-dealkylation sites (tertiary alicyclic amines) is 2. The monoisotopic (exact) mass is 514 g/mol. The molecule has 10 heteroatoms. The Bertz CT molecular complexity index is 1480. The second-order valence-corrected chi connectivity index (χ2v) is 10.5. The molecule has 10 nitrogen and oxygen atoms in total. The van der Waals surface area contributed by atoms with Crippen LogP contribution in [0.5, 0.6) is 0 Å². The van der Waals surface area contributed by atoms with Gasteiger partial charge in [-0.15, -0.1) is 0 Å². The van der Waals surface area contributed by atoms with Gasteiger partial charge in [-0.25, -0.2) is 15.0 Å². The van der Waals surface area contributed by atoms with Gasteiger partial charge in [-0.1, -0.05) is 12.1 Å². The number of carbonyl (C=O) groups is 1. The number of hydrogen-bond acceptors (Lipinski definition) is 7. The molecule has 0 aliphatic carbocycles. The molecule has 0 bridgehead atoms. The molecule has 3 aliphatic rings. The van der Waals surface area contributed by atoms with Crippen molar-refractivity contribution in [3.63, 3.8) is 0 Å². The van der Waals surface area contributed by atoms with E-state index in [-0.39, 0.29) is 0 Å². The van der Waals surface area contributed by atoms with E-state index in [0.29, 0.717) is 31.6 Å². The number of hydrogen-bond donors (Lipinski definition) is 1. The molecule has 1 N–H and O–H groups in total. The highest BCUT2D eigenvalue weighted by atomic mass is 16.5. The summed E-state index contributed by atoms with van der Waals surface area (Å²) in [5.74, 6) is 2.97. The molecule has 1 aromatic carbocycles. The van der Waals surface area contributed by atoms with E-state index in [1.807, 2.05) is 6.20 Å². The quantitative estimate of drug-likeness (QED) is 0.395. The maximum atomic E-state index is 11.9. The molecule has 7 rings (SSSR count). The minimum atomic E-state index is 0.316. The summed E-state index contributed by atoms with van der Waals surface area (Å²) in [6, 6.07) is 8.72. The Morgan fingerprint density at radius 1 is 1.03 bits per heavy atom. The molecule has 0 spiro atoms. The van der Waals surface area contributed by atoms with Gasteiger partial charge in [-0.2, -0.15) is 0 Å². The number of aromatic amines is 1. The van der Waals surface area contributed by atoms with Gasteiger partial charge in [-0.05, 0) is 31.9 Å². The van der Waals surface area contributed by atoms with Crippen LogP contribution in [0.1, 0.15) is 32.0 Å². The lowest BCUT2D eigenvalue weighted by Gasteiger charge is -2.42. The van der Waals surface area contributed by atoms with Gasteiger partial charge in [0.1, 0.15) is 5.82 Å². The number of piperidine rings is 1. The van der Waals surface area contributed by atoms with E-state index in [4.69, 9.17) is 19.7 Å². The Balaban J connectivity index is 1.26. The molecule has 0 atom stereocenters. The fraction of sp³-hybridized carbons (Fsp3) is 0.500. The van der Waals surface area contributed by atoms with Crippen LogP contribution in [0.25, 0.3) is 33.5 Å². The van der Waals surface area contributed by atoms with Crippen molar-refractivity contribution in [1.29, 1.82) is 0 Å². The lowest BCUT2D eigenvalue weighted by atomic mass is 9.99. The van der Waals surface area contributed by atoms with Crippen LogP contribution in [0, 0.1) is 0 Å². The molecule has 6 heterocycles. The van der Waals surface area contributed by atoms with Crippen LogP contribution in [0.15, 0.2) is 30.5 Å². The van der Waals surface area contributed by atoms with Gasteiger partial charge in [0.2, 0.25) is 5.91 Å². The number of ether oxygens (including phenoxy) is 1. The smallest absolute Gasteiger partial charge is 0.224 e. The first-order chi connectivity index (χ1) is 18.7. The number of aryl methyl sites for hydroxylation is 1. The first-order valence-corrected chi connectivity index (χ1v) is 13.9. The predicted molar refractivity (Wildman–Crippen MR) is 146 cm³/mol. The van der Waals surface area contributed by atoms with Crippen molar-refractivity contribution in [1.82, 2.24) is 34.3 Å². The Hall–Kier alpha value is -3.50. The second-order valence-electron chi connectivity index (χ2n) is 10.5. The summed E-state index contributed by atoms with van der Waals surface area (Å²) < 4.78 is 7.90. The lowest BCUT2D eigenvalue weighted by molar-refractivity contribution is -0.144. The number of β-lactam (4-membered cyclic amide) rings is 1. The van der Waals surface area contributed by atoms with Crippen LogP contribution in [-0.2, 0) is 22.6 Å². The number of benzene rings is 1. The summed E-state index contributed by atoms with van der Waals surface area (Å²) in [6.45, 7) is 9.55. The second kappa shape index (κ2) is 9.67. The van der Waals surface area contributed by atoms with Crippen molar-refractivity contribution in [3.8, 4) is 11.4 Å². The molecule has 38 heavy (non-hydrogen) atoms. The summed E-state index contributed by atoms with van der Waals surface area (Å²) in [4.78, 5) is 37.5. The number of anilines is 1. The third-order valence-corrected chi connectivity index (χ3v) is 8.37. The van der Waals surface area contributed by atoms with Crippen molar-refractivity contribution in [2.45, 2.75) is 45.3 Å². The minimum absolute atomic E-state index is 0.316. The summed E-state index contributed by atoms with van der Waals surface area (Å²) in [5, 5.41) is 1.12. The third kappa shape index (κ3) is 4.03. The standard InChI is InChI=1S/C28H34N8O2/c1-2-35-23(18-33-11-7-19(8-12-33)36-13-9-24(36)37)30-25-27(34-14-16-38-17-15-34)31-26(32-28(25)35)21-4-3-5-22-20(21)6-10-29-22/h3-6,10,19,29H,2,7-9,11-18H2,1H3. The largest absolute Gasteiger partial charge is 0.378 e. The van der Waals surface area contributed by atoms with Crippen LogP contribution in [0.3, 0.4) is 0 Å². The summed E-state index contributed by atoms with van der Waals surface area (Å²) in [6.07, 6.45) is 4.74. The topological polar surface area (TPSA) is 95.4 Å². The van der Waals surface area contributed by atoms with E-state index in [1.165, 1.54) is 0 Å². The van der Waals surface area contributed by atoms with Gasteiger partial charge >= 0.3 is 0 Å². The van der Waals surface area contributed by atoms with Crippen LogP contribution in [0.2, 0.25) is 0 Å². The van der Waals surface area contributed by atoms with E-state index < -0.39 is 0 Å². The van der Waals surface area contributed by atoms with E-state index >= 15 is 0 Å². The van der Waals surface area contributed by atoms with Crippen molar-refractivity contribution in [2.75, 3.05) is 50.8 Å². The maximum absolute atomic E-state index is 11.9. The average Bonchev–Trinajstić information content (AvgIpc) is 3.57. The number of morpholine rings is 1. The van der Waals surface area contributed by atoms with Gasteiger partial charge in [0.15, 0.2) is 22.8 Å². The SMILES string of the molecule is CCn1c(CN2CCC(N3CCC3=O)CC2)nc2c(N3CCOCC3)nc(-c3cccc4[nH]ccc34)nc21. The van der Waals surface area contributed by atoms with E-state index in [2.05, 4.69) is 55.4 Å². The highest BCUT2D eigenvalue weighted by Crippen LogP contribution is 2.32. The average molecular weight is 515 g/mol. The zero-order valence-electron chi connectivity index (χ0n) is 21.9. The van der Waals surface area contributed by atoms with E-state index in [0.717, 1.165) is 104 Å². The van der Waals surface area contributed by atoms with Crippen LogP contribution >= 0.6 is 0 Å². The van der Waals surface area contributed by atoms with Crippen molar-refractivity contribution in [2.24, 2.45) is 0 Å². The third-order valence-electron chi connectivity index (χ3n) is 8.37. The highest BCUT2D eigenvalue weighted by Gasteiger charge is 2.33. The number of nitrogens with one attached hydrogen (secondary N) is 1. The Labute approximate surface area is 221 Å². The number of fused-ring (bicyclic) bond motifs is 2. The van der Waals surface area contributed by atoms with E-state index in [1.54, 1.807) is 0 Å². The molecular formula is C28H34N8O2. The van der Waals surface area contributed by atoms with Crippen molar-refractivity contribution >= 4 is 33.8 Å². The summed E-state index contributed by atoms with van der Waals surface area (Å²) in [5.41, 5.74) is 3.86. The fourth-order valence-corrected chi connectivity index (χ4v) is 6.19. The molecule has 0 saturated carbocycles. The molecule has 4 aromatic rings.